The fourth-order valence-corrected chi connectivity index (χ4v) is 3.02. The van der Waals surface area contributed by atoms with E-state index < -0.39 is 0 Å². The van der Waals surface area contributed by atoms with Crippen LogP contribution in [0.5, 0.6) is 0 Å². The Balaban J connectivity index is 1.69. The van der Waals surface area contributed by atoms with Crippen LogP contribution in [0, 0.1) is 22.7 Å². The molecule has 2 fully saturated rings. The Morgan fingerprint density at radius 1 is 1.35 bits per heavy atom. The SMILES string of the molecule is N#CC1CN(Cc2ccccc2)CC12CNC2. The maximum atomic E-state index is 9.25. The molecule has 0 bridgehead atoms. The molecule has 0 amide bonds. The van der Waals surface area contributed by atoms with E-state index in [1.165, 1.54) is 5.56 Å². The quantitative estimate of drug-likeness (QED) is 0.826. The summed E-state index contributed by atoms with van der Waals surface area (Å²) in [6.45, 7) is 4.98. The van der Waals surface area contributed by atoms with Crippen LogP contribution in [0.2, 0.25) is 0 Å². The van der Waals surface area contributed by atoms with Crippen molar-refractivity contribution in [2.75, 3.05) is 26.2 Å². The molecule has 0 aliphatic carbocycles. The number of nitrogens with zero attached hydrogens (tertiary/aromatic N) is 2. The van der Waals surface area contributed by atoms with Crippen LogP contribution in [-0.4, -0.2) is 31.1 Å². The summed E-state index contributed by atoms with van der Waals surface area (Å²) in [5, 5.41) is 12.6. The fourth-order valence-electron chi connectivity index (χ4n) is 3.02. The average Bonchev–Trinajstić information content (AvgIpc) is 2.69. The van der Waals surface area contributed by atoms with Gasteiger partial charge in [0.25, 0.3) is 0 Å². The molecular weight excluding hydrogens is 210 g/mol. The average molecular weight is 227 g/mol. The van der Waals surface area contributed by atoms with Crippen LogP contribution in [-0.2, 0) is 6.54 Å². The first-order valence-corrected chi connectivity index (χ1v) is 6.19. The molecule has 1 N–H and O–H groups in total. The van der Waals surface area contributed by atoms with Gasteiger partial charge in [0.1, 0.15) is 0 Å². The Bertz CT molecular complexity index is 431. The molecular formula is C14H17N3. The number of hydrogen-bond acceptors (Lipinski definition) is 3. The van der Waals surface area contributed by atoms with Crippen LogP contribution in [0.3, 0.4) is 0 Å². The molecule has 2 aliphatic rings. The third-order valence-corrected chi connectivity index (χ3v) is 4.08. The second-order valence-electron chi connectivity index (χ2n) is 5.30. The number of rotatable bonds is 2. The van der Waals surface area contributed by atoms with E-state index in [2.05, 4.69) is 40.6 Å². The summed E-state index contributed by atoms with van der Waals surface area (Å²) in [5.74, 6) is 0.201. The minimum atomic E-state index is 0.201. The van der Waals surface area contributed by atoms with Crippen molar-refractivity contribution in [2.45, 2.75) is 6.54 Å². The molecule has 3 heteroatoms. The van der Waals surface area contributed by atoms with Crippen molar-refractivity contribution in [2.24, 2.45) is 11.3 Å². The number of benzene rings is 1. The van der Waals surface area contributed by atoms with Gasteiger partial charge in [-0.2, -0.15) is 5.26 Å². The van der Waals surface area contributed by atoms with Gasteiger partial charge in [0, 0.05) is 38.1 Å². The Kier molecular flexibility index (Phi) is 2.62. The molecule has 3 nitrogen and oxygen atoms in total. The van der Waals surface area contributed by atoms with E-state index in [0.29, 0.717) is 0 Å². The van der Waals surface area contributed by atoms with Gasteiger partial charge in [0.2, 0.25) is 0 Å². The van der Waals surface area contributed by atoms with Crippen LogP contribution >= 0.6 is 0 Å². The van der Waals surface area contributed by atoms with Crippen LogP contribution in [0.4, 0.5) is 0 Å². The fraction of sp³-hybridized carbons (Fsp3) is 0.500. The van der Waals surface area contributed by atoms with Gasteiger partial charge in [0.15, 0.2) is 0 Å². The second-order valence-corrected chi connectivity index (χ2v) is 5.30. The number of nitrogens with one attached hydrogen (secondary N) is 1. The summed E-state index contributed by atoms with van der Waals surface area (Å²) in [5.41, 5.74) is 1.58. The van der Waals surface area contributed by atoms with Crippen LogP contribution in [0.15, 0.2) is 30.3 Å². The number of nitriles is 1. The van der Waals surface area contributed by atoms with Crippen molar-refractivity contribution in [3.8, 4) is 6.07 Å². The van der Waals surface area contributed by atoms with Crippen molar-refractivity contribution in [3.63, 3.8) is 0 Å². The minimum Gasteiger partial charge on any atom is -0.315 e. The Labute approximate surface area is 102 Å². The zero-order valence-electron chi connectivity index (χ0n) is 9.89. The number of likely N-dealkylation sites (tertiary alicyclic amines) is 1. The molecule has 1 aromatic rings. The van der Waals surface area contributed by atoms with Gasteiger partial charge in [-0.05, 0) is 5.56 Å². The topological polar surface area (TPSA) is 39.1 Å². The zero-order chi connectivity index (χ0) is 11.7. The highest BCUT2D eigenvalue weighted by atomic mass is 15.2. The predicted molar refractivity (Wildman–Crippen MR) is 66.1 cm³/mol. The summed E-state index contributed by atoms with van der Waals surface area (Å²) in [6, 6.07) is 13.0. The highest BCUT2D eigenvalue weighted by Gasteiger charge is 2.50. The lowest BCUT2D eigenvalue weighted by Gasteiger charge is -2.41. The summed E-state index contributed by atoms with van der Waals surface area (Å²) in [6.07, 6.45) is 0. The first-order chi connectivity index (χ1) is 8.32. The van der Waals surface area contributed by atoms with E-state index in [-0.39, 0.29) is 11.3 Å². The molecule has 1 unspecified atom stereocenters. The van der Waals surface area contributed by atoms with E-state index >= 15 is 0 Å². The molecule has 2 aliphatic heterocycles. The first kappa shape index (κ1) is 10.8. The lowest BCUT2D eigenvalue weighted by Crippen LogP contribution is -2.57. The van der Waals surface area contributed by atoms with Gasteiger partial charge in [0.05, 0.1) is 12.0 Å². The molecule has 88 valence electrons. The molecule has 0 radical (unpaired) electrons. The molecule has 1 aromatic carbocycles. The van der Waals surface area contributed by atoms with Gasteiger partial charge in [-0.25, -0.2) is 0 Å². The van der Waals surface area contributed by atoms with Crippen LogP contribution in [0.25, 0.3) is 0 Å². The molecule has 1 spiro atoms. The lowest BCUT2D eigenvalue weighted by molar-refractivity contribution is 0.143. The van der Waals surface area contributed by atoms with Crippen molar-refractivity contribution in [1.29, 1.82) is 5.26 Å². The van der Waals surface area contributed by atoms with E-state index in [0.717, 1.165) is 32.7 Å². The molecule has 0 aromatic heterocycles. The van der Waals surface area contributed by atoms with Crippen molar-refractivity contribution >= 4 is 0 Å². The van der Waals surface area contributed by atoms with Gasteiger partial charge < -0.3 is 5.32 Å². The first-order valence-electron chi connectivity index (χ1n) is 6.19. The van der Waals surface area contributed by atoms with E-state index in [4.69, 9.17) is 0 Å². The molecule has 0 saturated carbocycles. The van der Waals surface area contributed by atoms with Crippen LogP contribution < -0.4 is 5.32 Å². The molecule has 3 rings (SSSR count). The lowest BCUT2D eigenvalue weighted by atomic mass is 9.74. The van der Waals surface area contributed by atoms with Gasteiger partial charge in [-0.3, -0.25) is 4.90 Å². The summed E-state index contributed by atoms with van der Waals surface area (Å²) in [4.78, 5) is 2.42. The largest absolute Gasteiger partial charge is 0.315 e. The highest BCUT2D eigenvalue weighted by Crippen LogP contribution is 2.39. The predicted octanol–water partition coefficient (Wildman–Crippen LogP) is 1.23. The maximum Gasteiger partial charge on any atom is 0.0683 e. The molecule has 17 heavy (non-hydrogen) atoms. The second kappa shape index (κ2) is 4.14. The monoisotopic (exact) mass is 227 g/mol. The summed E-state index contributed by atoms with van der Waals surface area (Å²) in [7, 11) is 0. The standard InChI is InChI=1S/C14H17N3/c15-6-13-8-17(11-14(13)9-16-10-14)7-12-4-2-1-3-5-12/h1-5,13,16H,7-11H2. The zero-order valence-corrected chi connectivity index (χ0v) is 9.89. The Hall–Kier alpha value is -1.37. The summed E-state index contributed by atoms with van der Waals surface area (Å²) < 4.78 is 0. The van der Waals surface area contributed by atoms with Crippen LogP contribution in [0.1, 0.15) is 5.56 Å². The van der Waals surface area contributed by atoms with Crippen molar-refractivity contribution in [3.05, 3.63) is 35.9 Å². The normalized spacial score (nSPS) is 26.6. The summed E-state index contributed by atoms with van der Waals surface area (Å²) >= 11 is 0. The maximum absolute atomic E-state index is 9.25. The molecule has 2 heterocycles. The van der Waals surface area contributed by atoms with Crippen molar-refractivity contribution < 1.29 is 0 Å². The number of hydrogen-bond donors (Lipinski definition) is 1. The third-order valence-electron chi connectivity index (χ3n) is 4.08. The Morgan fingerprint density at radius 2 is 2.12 bits per heavy atom. The highest BCUT2D eigenvalue weighted by molar-refractivity contribution is 5.17. The van der Waals surface area contributed by atoms with E-state index in [1.54, 1.807) is 0 Å². The molecule has 1 atom stereocenters. The van der Waals surface area contributed by atoms with Gasteiger partial charge >= 0.3 is 0 Å². The smallest absolute Gasteiger partial charge is 0.0683 e. The minimum absolute atomic E-state index is 0.201. The Morgan fingerprint density at radius 3 is 2.65 bits per heavy atom. The van der Waals surface area contributed by atoms with Gasteiger partial charge in [-0.15, -0.1) is 0 Å². The van der Waals surface area contributed by atoms with Gasteiger partial charge in [-0.1, -0.05) is 30.3 Å². The third kappa shape index (κ3) is 1.84. The van der Waals surface area contributed by atoms with E-state index in [9.17, 15) is 5.26 Å². The van der Waals surface area contributed by atoms with Crippen molar-refractivity contribution in [1.82, 2.24) is 10.2 Å². The van der Waals surface area contributed by atoms with E-state index in [1.807, 2.05) is 6.07 Å². The molecule has 2 saturated heterocycles.